The van der Waals surface area contributed by atoms with Crippen LogP contribution < -0.4 is 5.73 Å². The molecule has 72 valence electrons. The predicted octanol–water partition coefficient (Wildman–Crippen LogP) is -2.18. The van der Waals surface area contributed by atoms with Crippen molar-refractivity contribution in [1.29, 1.82) is 0 Å². The molecule has 5 heteroatoms. The first-order valence-electron chi connectivity index (χ1n) is 3.96. The van der Waals surface area contributed by atoms with Gasteiger partial charge in [-0.05, 0) is 6.92 Å². The molecule has 5 N–H and O–H groups in total. The molecule has 1 aliphatic rings. The Hall–Kier alpha value is -0.200. The highest BCUT2D eigenvalue weighted by molar-refractivity contribution is 4.92. The van der Waals surface area contributed by atoms with Crippen molar-refractivity contribution in [2.45, 2.75) is 37.4 Å². The molecule has 0 aromatic heterocycles. The summed E-state index contributed by atoms with van der Waals surface area (Å²) in [6.07, 6.45) is -3.00. The van der Waals surface area contributed by atoms with E-state index >= 15 is 0 Å². The lowest BCUT2D eigenvalue weighted by Crippen LogP contribution is -2.61. The van der Waals surface area contributed by atoms with Crippen LogP contribution in [0.4, 0.5) is 0 Å². The van der Waals surface area contributed by atoms with E-state index in [1.165, 1.54) is 0 Å². The monoisotopic (exact) mass is 177 g/mol. The Morgan fingerprint density at radius 2 is 1.92 bits per heavy atom. The number of nitrogens with two attached hydrogens (primary N) is 1. The van der Waals surface area contributed by atoms with Gasteiger partial charge in [0.15, 0.2) is 0 Å². The van der Waals surface area contributed by atoms with E-state index in [9.17, 15) is 10.2 Å². The van der Waals surface area contributed by atoms with Crippen LogP contribution in [0.15, 0.2) is 0 Å². The molecule has 0 saturated carbocycles. The van der Waals surface area contributed by atoms with Gasteiger partial charge in [-0.2, -0.15) is 0 Å². The number of hydrogen-bond acceptors (Lipinski definition) is 5. The molecule has 1 fully saturated rings. The van der Waals surface area contributed by atoms with E-state index in [0.29, 0.717) is 0 Å². The van der Waals surface area contributed by atoms with Crippen molar-refractivity contribution in [2.24, 2.45) is 5.73 Å². The predicted molar refractivity (Wildman–Crippen MR) is 41.4 cm³/mol. The molecular formula is C7H15NO4. The molecule has 1 rings (SSSR count). The number of hydrogen-bond donors (Lipinski definition) is 4. The zero-order valence-corrected chi connectivity index (χ0v) is 6.92. The Bertz CT molecular complexity index is 150. The van der Waals surface area contributed by atoms with Crippen molar-refractivity contribution < 1.29 is 20.1 Å². The van der Waals surface area contributed by atoms with Gasteiger partial charge in [0.05, 0.1) is 24.9 Å². The van der Waals surface area contributed by atoms with Crippen LogP contribution >= 0.6 is 0 Å². The number of aliphatic hydroxyl groups is 3. The third-order valence-corrected chi connectivity index (χ3v) is 2.22. The van der Waals surface area contributed by atoms with Gasteiger partial charge in [-0.25, -0.2) is 0 Å². The molecule has 12 heavy (non-hydrogen) atoms. The topological polar surface area (TPSA) is 95.9 Å². The smallest absolute Gasteiger partial charge is 0.108 e. The quantitative estimate of drug-likeness (QED) is 0.365. The molecule has 0 aromatic rings. The maximum absolute atomic E-state index is 9.36. The molecule has 5 atom stereocenters. The fourth-order valence-corrected chi connectivity index (χ4v) is 1.35. The lowest BCUT2D eigenvalue weighted by molar-refractivity contribution is -0.182. The summed E-state index contributed by atoms with van der Waals surface area (Å²) in [5, 5.41) is 27.5. The average Bonchev–Trinajstić information content (AvgIpc) is 2.08. The summed E-state index contributed by atoms with van der Waals surface area (Å²) in [7, 11) is 0. The van der Waals surface area contributed by atoms with Gasteiger partial charge in [0.2, 0.25) is 0 Å². The Balaban J connectivity index is 2.63. The highest BCUT2D eigenvalue weighted by Crippen LogP contribution is 2.18. The van der Waals surface area contributed by atoms with Crippen LogP contribution in [0.5, 0.6) is 0 Å². The first kappa shape index (κ1) is 9.88. The molecule has 0 spiro atoms. The molecule has 0 aliphatic carbocycles. The van der Waals surface area contributed by atoms with Crippen LogP contribution in [-0.4, -0.2) is 52.4 Å². The molecule has 4 unspecified atom stereocenters. The Labute approximate surface area is 70.8 Å². The Morgan fingerprint density at radius 3 is 2.42 bits per heavy atom. The van der Waals surface area contributed by atoms with Gasteiger partial charge in [-0.3, -0.25) is 0 Å². The second-order valence-corrected chi connectivity index (χ2v) is 3.12. The summed E-state index contributed by atoms with van der Waals surface area (Å²) < 4.78 is 5.10. The molecule has 0 radical (unpaired) electrons. The summed E-state index contributed by atoms with van der Waals surface area (Å²) in [5.74, 6) is 0. The second-order valence-electron chi connectivity index (χ2n) is 3.12. The second kappa shape index (κ2) is 3.68. The first-order valence-corrected chi connectivity index (χ1v) is 3.96. The van der Waals surface area contributed by atoms with Crippen molar-refractivity contribution in [3.8, 4) is 0 Å². The minimum atomic E-state index is -0.999. The van der Waals surface area contributed by atoms with E-state index < -0.39 is 30.5 Å². The van der Waals surface area contributed by atoms with Crippen molar-refractivity contribution >= 4 is 0 Å². The minimum Gasteiger partial charge on any atom is -0.394 e. The van der Waals surface area contributed by atoms with E-state index in [1.807, 2.05) is 0 Å². The van der Waals surface area contributed by atoms with Crippen molar-refractivity contribution in [3.05, 3.63) is 0 Å². The molecule has 0 aromatic carbocycles. The van der Waals surface area contributed by atoms with Crippen LogP contribution in [0.3, 0.4) is 0 Å². The van der Waals surface area contributed by atoms with E-state index in [-0.39, 0.29) is 6.61 Å². The standard InChI is InChI=1S/C7H15NO4/c1-3-6(10)5(8)7(11)4(2-9)12-3/h3-7,9-11H,2,8H2,1H3/t3?,4-,5?,6?,7?/m1/s1. The molecule has 1 saturated heterocycles. The highest BCUT2D eigenvalue weighted by Gasteiger charge is 2.39. The summed E-state index contributed by atoms with van der Waals surface area (Å²) in [4.78, 5) is 0. The normalized spacial score (nSPS) is 49.2. The maximum Gasteiger partial charge on any atom is 0.108 e. The minimum absolute atomic E-state index is 0.286. The average molecular weight is 177 g/mol. The molecule has 0 amide bonds. The van der Waals surface area contributed by atoms with Crippen molar-refractivity contribution in [3.63, 3.8) is 0 Å². The van der Waals surface area contributed by atoms with Gasteiger partial charge in [0, 0.05) is 0 Å². The highest BCUT2D eigenvalue weighted by atomic mass is 16.5. The maximum atomic E-state index is 9.36. The summed E-state index contributed by atoms with van der Waals surface area (Å²) in [6, 6.07) is -0.745. The van der Waals surface area contributed by atoms with Gasteiger partial charge in [-0.15, -0.1) is 0 Å². The first-order chi connectivity index (χ1) is 5.57. The van der Waals surface area contributed by atoms with Gasteiger partial charge >= 0.3 is 0 Å². The van der Waals surface area contributed by atoms with Crippen LogP contribution in [0.25, 0.3) is 0 Å². The lowest BCUT2D eigenvalue weighted by Gasteiger charge is -2.39. The fourth-order valence-electron chi connectivity index (χ4n) is 1.35. The van der Waals surface area contributed by atoms with Crippen LogP contribution in [0, 0.1) is 0 Å². The fraction of sp³-hybridized carbons (Fsp3) is 1.00. The van der Waals surface area contributed by atoms with Gasteiger partial charge in [0.1, 0.15) is 12.2 Å². The summed E-state index contributed by atoms with van der Waals surface area (Å²) in [6.45, 7) is 1.37. The largest absolute Gasteiger partial charge is 0.394 e. The third kappa shape index (κ3) is 1.60. The van der Waals surface area contributed by atoms with Crippen LogP contribution in [0.1, 0.15) is 6.92 Å². The van der Waals surface area contributed by atoms with Crippen LogP contribution in [-0.2, 0) is 4.74 Å². The molecule has 0 bridgehead atoms. The lowest BCUT2D eigenvalue weighted by atomic mass is 9.94. The van der Waals surface area contributed by atoms with Gasteiger partial charge < -0.3 is 25.8 Å². The molecule has 1 heterocycles. The number of ether oxygens (including phenoxy) is 1. The van der Waals surface area contributed by atoms with E-state index in [0.717, 1.165) is 0 Å². The Kier molecular flexibility index (Phi) is 3.03. The van der Waals surface area contributed by atoms with E-state index in [2.05, 4.69) is 0 Å². The van der Waals surface area contributed by atoms with E-state index in [1.54, 1.807) is 6.92 Å². The van der Waals surface area contributed by atoms with E-state index in [4.69, 9.17) is 15.6 Å². The van der Waals surface area contributed by atoms with Crippen LogP contribution in [0.2, 0.25) is 0 Å². The SMILES string of the molecule is CC1O[C@H](CO)C(O)C(N)C1O. The van der Waals surface area contributed by atoms with Crippen molar-refractivity contribution in [1.82, 2.24) is 0 Å². The molecular weight excluding hydrogens is 162 g/mol. The number of rotatable bonds is 1. The zero-order chi connectivity index (χ0) is 9.30. The third-order valence-electron chi connectivity index (χ3n) is 2.22. The van der Waals surface area contributed by atoms with Crippen molar-refractivity contribution in [2.75, 3.05) is 6.61 Å². The Morgan fingerprint density at radius 1 is 1.33 bits per heavy atom. The summed E-state index contributed by atoms with van der Waals surface area (Å²) in [5.41, 5.74) is 5.49. The number of aliphatic hydroxyl groups excluding tert-OH is 3. The molecule has 5 nitrogen and oxygen atoms in total. The van der Waals surface area contributed by atoms with Gasteiger partial charge in [0.25, 0.3) is 0 Å². The van der Waals surface area contributed by atoms with Gasteiger partial charge in [-0.1, -0.05) is 0 Å². The summed E-state index contributed by atoms with van der Waals surface area (Å²) >= 11 is 0. The zero-order valence-electron chi connectivity index (χ0n) is 6.92. The molecule has 1 aliphatic heterocycles.